The maximum absolute atomic E-state index is 6.06. The summed E-state index contributed by atoms with van der Waals surface area (Å²) in [5.74, 6) is 0.909. The number of hydrogen-bond donors (Lipinski definition) is 1. The smallest absolute Gasteiger partial charge is 0.119 e. The lowest BCUT2D eigenvalue weighted by atomic mass is 9.95. The molecule has 0 saturated carbocycles. The van der Waals surface area contributed by atoms with Crippen LogP contribution < -0.4 is 10.1 Å². The summed E-state index contributed by atoms with van der Waals surface area (Å²) in [6.07, 6.45) is 0.200. The lowest BCUT2D eigenvalue weighted by Gasteiger charge is -2.37. The van der Waals surface area contributed by atoms with Crippen molar-refractivity contribution in [1.29, 1.82) is 0 Å². The fourth-order valence-corrected chi connectivity index (χ4v) is 3.01. The third kappa shape index (κ3) is 3.96. The van der Waals surface area contributed by atoms with E-state index in [0.29, 0.717) is 0 Å². The minimum atomic E-state index is 0.200. The summed E-state index contributed by atoms with van der Waals surface area (Å²) in [5, 5.41) is 3.60. The van der Waals surface area contributed by atoms with Crippen molar-refractivity contribution in [3.8, 4) is 5.75 Å². The van der Waals surface area contributed by atoms with E-state index in [4.69, 9.17) is 9.47 Å². The number of methoxy groups -OCH3 is 1. The van der Waals surface area contributed by atoms with E-state index in [1.165, 1.54) is 11.1 Å². The Hall–Kier alpha value is -1.10. The van der Waals surface area contributed by atoms with Gasteiger partial charge in [0.2, 0.25) is 0 Å². The summed E-state index contributed by atoms with van der Waals surface area (Å²) in [5.41, 5.74) is 2.55. The van der Waals surface area contributed by atoms with E-state index in [1.54, 1.807) is 7.11 Å². The largest absolute Gasteiger partial charge is 0.497 e. The molecule has 1 heterocycles. The molecule has 0 spiro atoms. The van der Waals surface area contributed by atoms with Gasteiger partial charge in [-0.15, -0.1) is 0 Å². The first-order chi connectivity index (χ1) is 10.2. The number of likely N-dealkylation sites (N-methyl/N-ethyl adjacent to an activating group) is 2. The van der Waals surface area contributed by atoms with Gasteiger partial charge in [0.05, 0.1) is 25.9 Å². The van der Waals surface area contributed by atoms with Crippen LogP contribution in [0, 0.1) is 6.92 Å². The molecule has 0 aliphatic carbocycles. The monoisotopic (exact) mass is 292 g/mol. The molecule has 2 unspecified atom stereocenters. The maximum Gasteiger partial charge on any atom is 0.119 e. The molecule has 4 nitrogen and oxygen atoms in total. The fourth-order valence-electron chi connectivity index (χ4n) is 3.01. The Morgan fingerprint density at radius 1 is 1.43 bits per heavy atom. The van der Waals surface area contributed by atoms with Gasteiger partial charge >= 0.3 is 0 Å². The van der Waals surface area contributed by atoms with E-state index in [0.717, 1.165) is 38.5 Å². The molecule has 1 fully saturated rings. The molecule has 0 radical (unpaired) electrons. The topological polar surface area (TPSA) is 33.7 Å². The molecule has 1 N–H and O–H groups in total. The van der Waals surface area contributed by atoms with Crippen LogP contribution in [0.4, 0.5) is 0 Å². The van der Waals surface area contributed by atoms with Crippen molar-refractivity contribution < 1.29 is 9.47 Å². The predicted molar refractivity (Wildman–Crippen MR) is 86.0 cm³/mol. The van der Waals surface area contributed by atoms with Gasteiger partial charge in [-0.3, -0.25) is 4.90 Å². The number of aryl methyl sites for hydroxylation is 1. The van der Waals surface area contributed by atoms with Gasteiger partial charge in [0.1, 0.15) is 5.75 Å². The van der Waals surface area contributed by atoms with Crippen molar-refractivity contribution in [2.75, 3.05) is 39.9 Å². The molecule has 4 heteroatoms. The summed E-state index contributed by atoms with van der Waals surface area (Å²) >= 11 is 0. The quantitative estimate of drug-likeness (QED) is 0.873. The molecule has 118 valence electrons. The van der Waals surface area contributed by atoms with Gasteiger partial charge in [-0.25, -0.2) is 0 Å². The molecule has 21 heavy (non-hydrogen) atoms. The van der Waals surface area contributed by atoms with Gasteiger partial charge in [0.25, 0.3) is 0 Å². The molecule has 0 aromatic heterocycles. The summed E-state index contributed by atoms with van der Waals surface area (Å²) in [7, 11) is 1.71. The molecule has 1 aromatic carbocycles. The zero-order valence-corrected chi connectivity index (χ0v) is 13.7. The van der Waals surface area contributed by atoms with Crippen molar-refractivity contribution in [2.45, 2.75) is 32.9 Å². The molecule has 1 saturated heterocycles. The predicted octanol–water partition coefficient (Wildman–Crippen LogP) is 2.37. The summed E-state index contributed by atoms with van der Waals surface area (Å²) in [6, 6.07) is 6.53. The Morgan fingerprint density at radius 2 is 2.24 bits per heavy atom. The van der Waals surface area contributed by atoms with Crippen LogP contribution in [0.25, 0.3) is 0 Å². The number of morpholine rings is 1. The molecule has 2 atom stereocenters. The second-order valence-corrected chi connectivity index (χ2v) is 5.56. The minimum absolute atomic E-state index is 0.200. The maximum atomic E-state index is 6.06. The Kier molecular flexibility index (Phi) is 6.03. The molecule has 1 aliphatic rings. The van der Waals surface area contributed by atoms with Crippen molar-refractivity contribution in [1.82, 2.24) is 10.2 Å². The Labute approximate surface area is 128 Å². The fraction of sp³-hybridized carbons (Fsp3) is 0.647. The van der Waals surface area contributed by atoms with E-state index in [-0.39, 0.29) is 12.1 Å². The first-order valence-corrected chi connectivity index (χ1v) is 7.91. The van der Waals surface area contributed by atoms with E-state index in [9.17, 15) is 0 Å². The lowest BCUT2D eigenvalue weighted by molar-refractivity contribution is -0.0454. The standard InChI is InChI=1S/C17H28N2O2/c1-5-18-17(16-12-19(6-2)9-10-21-16)15-8-7-14(20-4)11-13(15)3/h7-8,11,16-18H,5-6,9-10,12H2,1-4H3. The van der Waals surface area contributed by atoms with Crippen molar-refractivity contribution in [3.63, 3.8) is 0 Å². The van der Waals surface area contributed by atoms with Crippen molar-refractivity contribution in [3.05, 3.63) is 29.3 Å². The zero-order valence-electron chi connectivity index (χ0n) is 13.7. The molecule has 0 amide bonds. The van der Waals surface area contributed by atoms with E-state index >= 15 is 0 Å². The number of benzene rings is 1. The van der Waals surface area contributed by atoms with Crippen LogP contribution in [0.1, 0.15) is 31.0 Å². The number of rotatable bonds is 6. The van der Waals surface area contributed by atoms with E-state index in [2.05, 4.69) is 43.1 Å². The molecular formula is C17H28N2O2. The van der Waals surface area contributed by atoms with Gasteiger partial charge in [0, 0.05) is 13.1 Å². The van der Waals surface area contributed by atoms with Crippen LogP contribution in [0.3, 0.4) is 0 Å². The highest BCUT2D eigenvalue weighted by Crippen LogP contribution is 2.27. The number of nitrogens with zero attached hydrogens (tertiary/aromatic N) is 1. The van der Waals surface area contributed by atoms with Crippen LogP contribution in [0.2, 0.25) is 0 Å². The highest BCUT2D eigenvalue weighted by molar-refractivity contribution is 5.37. The van der Waals surface area contributed by atoms with Gasteiger partial charge in [-0.05, 0) is 43.3 Å². The SMILES string of the molecule is CCNC(c1ccc(OC)cc1C)C1CN(CC)CCO1. The van der Waals surface area contributed by atoms with Gasteiger partial charge in [-0.1, -0.05) is 19.9 Å². The number of hydrogen-bond acceptors (Lipinski definition) is 4. The first kappa shape index (κ1) is 16.3. The lowest BCUT2D eigenvalue weighted by Crippen LogP contribution is -2.48. The number of nitrogens with one attached hydrogen (secondary N) is 1. The minimum Gasteiger partial charge on any atom is -0.497 e. The molecular weight excluding hydrogens is 264 g/mol. The first-order valence-electron chi connectivity index (χ1n) is 7.91. The summed E-state index contributed by atoms with van der Waals surface area (Å²) < 4.78 is 11.4. The van der Waals surface area contributed by atoms with Gasteiger partial charge < -0.3 is 14.8 Å². The number of ether oxygens (including phenoxy) is 2. The second-order valence-electron chi connectivity index (χ2n) is 5.56. The Morgan fingerprint density at radius 3 is 2.86 bits per heavy atom. The third-order valence-corrected chi connectivity index (χ3v) is 4.23. The van der Waals surface area contributed by atoms with Crippen LogP contribution >= 0.6 is 0 Å². The third-order valence-electron chi connectivity index (χ3n) is 4.23. The van der Waals surface area contributed by atoms with Crippen molar-refractivity contribution >= 4 is 0 Å². The highest BCUT2D eigenvalue weighted by atomic mass is 16.5. The zero-order chi connectivity index (χ0) is 15.2. The molecule has 1 aromatic rings. The normalized spacial score (nSPS) is 21.2. The average Bonchev–Trinajstić information content (AvgIpc) is 2.53. The van der Waals surface area contributed by atoms with Crippen LogP contribution in [-0.4, -0.2) is 50.9 Å². The van der Waals surface area contributed by atoms with Crippen molar-refractivity contribution in [2.24, 2.45) is 0 Å². The summed E-state index contributed by atoms with van der Waals surface area (Å²) in [4.78, 5) is 2.46. The molecule has 0 bridgehead atoms. The van der Waals surface area contributed by atoms with Gasteiger partial charge in [0.15, 0.2) is 0 Å². The molecule has 1 aliphatic heterocycles. The molecule has 2 rings (SSSR count). The summed E-state index contributed by atoms with van der Waals surface area (Å²) in [6.45, 7) is 11.4. The Bertz CT molecular complexity index is 450. The van der Waals surface area contributed by atoms with E-state index < -0.39 is 0 Å². The average molecular weight is 292 g/mol. The van der Waals surface area contributed by atoms with Gasteiger partial charge in [-0.2, -0.15) is 0 Å². The Balaban J connectivity index is 2.21. The van der Waals surface area contributed by atoms with E-state index in [1.807, 2.05) is 6.07 Å². The highest BCUT2D eigenvalue weighted by Gasteiger charge is 2.29. The second kappa shape index (κ2) is 7.78. The van der Waals surface area contributed by atoms with Crippen LogP contribution in [-0.2, 0) is 4.74 Å². The van der Waals surface area contributed by atoms with Crippen LogP contribution in [0.5, 0.6) is 5.75 Å². The van der Waals surface area contributed by atoms with Crippen LogP contribution in [0.15, 0.2) is 18.2 Å².